The fraction of sp³-hybridized carbons (Fsp3) is 0.292. The number of rotatable bonds is 10. The number of nitrogens with zero attached hydrogens (tertiary/aromatic N) is 9. The fourth-order valence-corrected chi connectivity index (χ4v) is 8.48. The van der Waals surface area contributed by atoms with Gasteiger partial charge in [-0.05, 0) is 116 Å². The number of para-hydroxylation sites is 2. The van der Waals surface area contributed by atoms with Gasteiger partial charge in [0.2, 0.25) is 11.9 Å². The number of hydrogen-bond donors (Lipinski definition) is 6. The average molecular weight is 843 g/mol. The van der Waals surface area contributed by atoms with Crippen molar-refractivity contribution in [2.75, 3.05) is 47.5 Å². The highest BCUT2D eigenvalue weighted by atomic mass is 16.3. The number of anilines is 8. The number of aliphatic hydroxyl groups excluding tert-OH is 1. The maximum atomic E-state index is 9.25. The predicted octanol–water partition coefficient (Wildman–Crippen LogP) is 7.93. The third-order valence-corrected chi connectivity index (χ3v) is 11.9. The van der Waals surface area contributed by atoms with Gasteiger partial charge in [-0.2, -0.15) is 20.2 Å². The van der Waals surface area contributed by atoms with Gasteiger partial charge in [0, 0.05) is 75.4 Å². The molecule has 0 fully saturated rings. The molecule has 0 spiro atoms. The van der Waals surface area contributed by atoms with Gasteiger partial charge in [0.15, 0.2) is 22.9 Å². The minimum absolute atomic E-state index is 0.187. The lowest BCUT2D eigenvalue weighted by molar-refractivity contribution is 0.184. The maximum absolute atomic E-state index is 9.25. The summed E-state index contributed by atoms with van der Waals surface area (Å²) in [6, 6.07) is 25.3. The van der Waals surface area contributed by atoms with Crippen LogP contribution < -0.4 is 26.6 Å². The van der Waals surface area contributed by atoms with Crippen molar-refractivity contribution in [1.29, 1.82) is 0 Å². The second-order valence-electron chi connectivity index (χ2n) is 16.5. The van der Waals surface area contributed by atoms with Gasteiger partial charge in [-0.15, -0.1) is 0 Å². The molecule has 15 heteroatoms. The normalized spacial score (nSPS) is 13.6. The van der Waals surface area contributed by atoms with Crippen molar-refractivity contribution in [2.45, 2.75) is 53.6 Å². The highest BCUT2D eigenvalue weighted by molar-refractivity contribution is 5.91. The quantitative estimate of drug-likeness (QED) is 0.0786. The Kier molecular flexibility index (Phi) is 11.7. The van der Waals surface area contributed by atoms with Gasteiger partial charge in [-0.25, -0.2) is 19.3 Å². The van der Waals surface area contributed by atoms with E-state index in [2.05, 4.69) is 152 Å². The first-order chi connectivity index (χ1) is 30.6. The summed E-state index contributed by atoms with van der Waals surface area (Å²) in [7, 11) is 3.79. The summed E-state index contributed by atoms with van der Waals surface area (Å²) in [5, 5.41) is 37.3. The Morgan fingerprint density at radius 2 is 1.13 bits per heavy atom. The van der Waals surface area contributed by atoms with Crippen molar-refractivity contribution in [3.05, 3.63) is 130 Å². The number of β-amino-alcohol motifs (C(OH)–C–C–N with tert-alkyl or cyclic N) is 1. The first-order valence-corrected chi connectivity index (χ1v) is 21.5. The second kappa shape index (κ2) is 17.8. The van der Waals surface area contributed by atoms with E-state index >= 15 is 0 Å². The first-order valence-electron chi connectivity index (χ1n) is 21.5. The zero-order valence-electron chi connectivity index (χ0n) is 36.7. The van der Waals surface area contributed by atoms with Crippen LogP contribution in [-0.2, 0) is 40.0 Å². The van der Waals surface area contributed by atoms with E-state index in [0.717, 1.165) is 107 Å². The smallest absolute Gasteiger partial charge is 0.229 e. The molecule has 0 atom stereocenters. The molecule has 8 aromatic rings. The minimum atomic E-state index is 0.187. The van der Waals surface area contributed by atoms with Gasteiger partial charge in [0.25, 0.3) is 0 Å². The zero-order valence-corrected chi connectivity index (χ0v) is 36.7. The highest BCUT2D eigenvalue weighted by Crippen LogP contribution is 2.31. The molecule has 2 aliphatic rings. The average Bonchev–Trinajstić information content (AvgIpc) is 3.76. The van der Waals surface area contributed by atoms with Crippen LogP contribution in [0.2, 0.25) is 0 Å². The molecule has 4 aromatic heterocycles. The van der Waals surface area contributed by atoms with Crippen LogP contribution in [0.1, 0.15) is 44.5 Å². The van der Waals surface area contributed by atoms with Gasteiger partial charge >= 0.3 is 0 Å². The Labute approximate surface area is 367 Å². The summed E-state index contributed by atoms with van der Waals surface area (Å²) in [4.78, 5) is 20.8. The summed E-state index contributed by atoms with van der Waals surface area (Å²) in [5.41, 5.74) is 15.7. The van der Waals surface area contributed by atoms with Crippen LogP contribution in [0.3, 0.4) is 0 Å². The molecule has 0 radical (unpaired) electrons. The van der Waals surface area contributed by atoms with Crippen molar-refractivity contribution in [1.82, 2.24) is 49.7 Å². The number of nitrogens with one attached hydrogen (secondary N) is 5. The Bertz CT molecular complexity index is 2910. The topological polar surface area (TPSA) is 171 Å². The molecule has 4 aromatic carbocycles. The standard InChI is InChI=1S/C25H29N7O.C23H25N7/c1-16-5-4-6-17(2)22(16)28-23-21-14-26-25(29-24(21)31(3)30-23)27-20-8-7-18-9-10-32(11-12-33)15-19(18)13-20;1-14-5-4-6-15(2)20(14)27-21-19-13-25-23(28-22(19)30(3)29-21)26-18-8-7-16-9-10-24-12-17(16)11-18/h4-8,13-14,33H,9-12,15H2,1-3H3,(H,28,30)(H,26,27,29);4-8,11,13,24H,9-10,12H2,1-3H3,(H,27,29)(H,25,26,28). The maximum Gasteiger partial charge on any atom is 0.229 e. The van der Waals surface area contributed by atoms with Gasteiger partial charge in [0.1, 0.15) is 0 Å². The largest absolute Gasteiger partial charge is 0.395 e. The van der Waals surface area contributed by atoms with Crippen LogP contribution in [0, 0.1) is 27.7 Å². The molecule has 10 rings (SSSR count). The molecule has 0 saturated carbocycles. The Morgan fingerprint density at radius 1 is 0.619 bits per heavy atom. The van der Waals surface area contributed by atoms with Gasteiger partial charge in [-0.1, -0.05) is 48.5 Å². The van der Waals surface area contributed by atoms with Crippen LogP contribution in [0.15, 0.2) is 85.2 Å². The van der Waals surface area contributed by atoms with Gasteiger partial charge in [-0.3, -0.25) is 4.90 Å². The fourth-order valence-electron chi connectivity index (χ4n) is 8.48. The number of aryl methyl sites for hydroxylation is 6. The monoisotopic (exact) mass is 842 g/mol. The molecule has 0 amide bonds. The number of aliphatic hydroxyl groups is 1. The summed E-state index contributed by atoms with van der Waals surface area (Å²) >= 11 is 0. The van der Waals surface area contributed by atoms with E-state index in [1.165, 1.54) is 33.4 Å². The first kappa shape index (κ1) is 41.4. The van der Waals surface area contributed by atoms with Crippen LogP contribution in [0.25, 0.3) is 22.1 Å². The molecule has 0 unspecified atom stereocenters. The van der Waals surface area contributed by atoms with E-state index < -0.39 is 0 Å². The van der Waals surface area contributed by atoms with Gasteiger partial charge < -0.3 is 31.7 Å². The molecule has 2 aliphatic heterocycles. The third kappa shape index (κ3) is 8.89. The Balaban J connectivity index is 0.000000161. The van der Waals surface area contributed by atoms with Crippen molar-refractivity contribution in [2.24, 2.45) is 14.1 Å². The molecular formula is C48H54N14O. The molecule has 322 valence electrons. The third-order valence-electron chi connectivity index (χ3n) is 11.9. The van der Waals surface area contributed by atoms with Crippen molar-refractivity contribution in [3.63, 3.8) is 0 Å². The molecule has 15 nitrogen and oxygen atoms in total. The van der Waals surface area contributed by atoms with E-state index in [9.17, 15) is 5.11 Å². The van der Waals surface area contributed by atoms with Crippen LogP contribution >= 0.6 is 0 Å². The Hall–Kier alpha value is -6.94. The molecule has 6 heterocycles. The number of aromatic nitrogens is 8. The number of hydrogen-bond acceptors (Lipinski definition) is 13. The van der Waals surface area contributed by atoms with Crippen LogP contribution in [0.5, 0.6) is 0 Å². The number of fused-ring (bicyclic) bond motifs is 4. The number of benzene rings is 4. The molecule has 0 aliphatic carbocycles. The summed E-state index contributed by atoms with van der Waals surface area (Å²) in [5.74, 6) is 2.60. The Morgan fingerprint density at radius 3 is 1.65 bits per heavy atom. The van der Waals surface area contributed by atoms with Crippen LogP contribution in [-0.4, -0.2) is 75.7 Å². The molecule has 6 N–H and O–H groups in total. The zero-order chi connectivity index (χ0) is 43.6. The molecular weight excluding hydrogens is 789 g/mol. The van der Waals surface area contributed by atoms with Crippen molar-refractivity contribution < 1.29 is 5.11 Å². The van der Waals surface area contributed by atoms with E-state index in [1.54, 1.807) is 9.36 Å². The minimum Gasteiger partial charge on any atom is -0.395 e. The lowest BCUT2D eigenvalue weighted by Gasteiger charge is -2.28. The lowest BCUT2D eigenvalue weighted by atomic mass is 9.99. The van der Waals surface area contributed by atoms with Crippen molar-refractivity contribution >= 4 is 68.3 Å². The SMILES string of the molecule is Cc1cccc(C)c1Nc1nn(C)c2nc(Nc3ccc4c(c3)CN(CCO)CC4)ncc12.Cc1cccc(C)c1Nc1nn(C)c2nc(Nc3ccc4c(c3)CNCC4)ncc12. The van der Waals surface area contributed by atoms with E-state index in [-0.39, 0.29) is 6.61 Å². The second-order valence-corrected chi connectivity index (χ2v) is 16.5. The summed E-state index contributed by atoms with van der Waals surface area (Å²) in [6.07, 6.45) is 5.72. The molecule has 63 heavy (non-hydrogen) atoms. The van der Waals surface area contributed by atoms with Crippen molar-refractivity contribution in [3.8, 4) is 0 Å². The summed E-state index contributed by atoms with van der Waals surface area (Å²) in [6.45, 7) is 13.0. The van der Waals surface area contributed by atoms with Gasteiger partial charge in [0.05, 0.1) is 17.4 Å². The van der Waals surface area contributed by atoms with Crippen LogP contribution in [0.4, 0.5) is 46.3 Å². The lowest BCUT2D eigenvalue weighted by Crippen LogP contribution is -2.32. The molecule has 0 bridgehead atoms. The molecule has 0 saturated heterocycles. The highest BCUT2D eigenvalue weighted by Gasteiger charge is 2.19. The van der Waals surface area contributed by atoms with E-state index in [0.29, 0.717) is 18.4 Å². The van der Waals surface area contributed by atoms with E-state index in [1.807, 2.05) is 26.5 Å². The predicted molar refractivity (Wildman–Crippen MR) is 252 cm³/mol. The van der Waals surface area contributed by atoms with E-state index in [4.69, 9.17) is 9.97 Å². The summed E-state index contributed by atoms with van der Waals surface area (Å²) < 4.78 is 3.56.